The summed E-state index contributed by atoms with van der Waals surface area (Å²) in [5, 5.41) is 70.8. The molecule has 0 spiro atoms. The van der Waals surface area contributed by atoms with E-state index in [1.54, 1.807) is 27.7 Å². The van der Waals surface area contributed by atoms with Gasteiger partial charge in [-0.05, 0) is 38.7 Å². The van der Waals surface area contributed by atoms with Gasteiger partial charge in [0.25, 0.3) is 0 Å². The summed E-state index contributed by atoms with van der Waals surface area (Å²) in [6.45, 7) is 9.70. The number of nitrogens with one attached hydrogen (secondary N) is 1. The zero-order valence-corrected chi connectivity index (χ0v) is 23.5. The van der Waals surface area contributed by atoms with Crippen LogP contribution in [-0.4, -0.2) is 104 Å². The largest absolute Gasteiger partial charge is 0.453 e. The van der Waals surface area contributed by atoms with Gasteiger partial charge in [-0.15, -0.1) is 0 Å². The number of Topliss-reactive ketones (excluding diaryl/α,β-unsaturated/α-hetero) is 1. The van der Waals surface area contributed by atoms with E-state index in [4.69, 9.17) is 9.62 Å². The topological polar surface area (TPSA) is 195 Å². The Bertz CT molecular complexity index is 1050. The van der Waals surface area contributed by atoms with Crippen LogP contribution in [0.5, 0.6) is 0 Å². The van der Waals surface area contributed by atoms with Gasteiger partial charge in [0.15, 0.2) is 5.78 Å². The van der Waals surface area contributed by atoms with Crippen LogP contribution in [0.1, 0.15) is 54.4 Å². The second-order valence-corrected chi connectivity index (χ2v) is 12.8. The highest BCUT2D eigenvalue weighted by atomic mass is 17.1. The highest BCUT2D eigenvalue weighted by molar-refractivity contribution is 5.93. The van der Waals surface area contributed by atoms with Crippen LogP contribution in [0.2, 0.25) is 0 Å². The maximum Gasteiger partial charge on any atom is 0.407 e. The third kappa shape index (κ3) is 3.94. The second kappa shape index (κ2) is 9.73. The molecule has 11 unspecified atom stereocenters. The number of aliphatic hydroxyl groups excluding tert-OH is 3. The first-order chi connectivity index (χ1) is 17.9. The van der Waals surface area contributed by atoms with Crippen LogP contribution in [0.25, 0.3) is 0 Å². The summed E-state index contributed by atoms with van der Waals surface area (Å²) in [4.78, 5) is 30.6. The number of aliphatic hydroxyl groups is 5. The Morgan fingerprint density at radius 2 is 1.82 bits per heavy atom. The number of carbonyl (C=O) groups excluding carboxylic acids is 2. The van der Waals surface area contributed by atoms with E-state index in [0.717, 1.165) is 7.11 Å². The van der Waals surface area contributed by atoms with Crippen molar-refractivity contribution in [1.29, 1.82) is 0 Å². The zero-order valence-electron chi connectivity index (χ0n) is 23.5. The molecule has 0 aromatic rings. The summed E-state index contributed by atoms with van der Waals surface area (Å²) in [5.74, 6) is -3.41. The average molecular weight is 558 g/mol. The summed E-state index contributed by atoms with van der Waals surface area (Å²) in [6, 6.07) is -0.948. The van der Waals surface area contributed by atoms with Crippen LogP contribution in [-0.2, 0) is 19.2 Å². The highest BCUT2D eigenvalue weighted by Crippen LogP contribution is 2.65. The number of hydrogen-bond acceptors (Lipinski definition) is 11. The summed E-state index contributed by atoms with van der Waals surface area (Å²) >= 11 is 0. The Morgan fingerprint density at radius 3 is 2.33 bits per heavy atom. The Labute approximate surface area is 227 Å². The standard InChI is InChI=1S/C27H43NO11/c1-11-14(20(39-36)18(30)13(3)28-23(33)37-7)9-27(35)12(2)21-25(6,15(29)8-16-26(21,34)10-38-16)22(32)19(31)17(11)24(27,4)5/h12-16,18-21,29-31,34-36H,8-10H2,1-7H3,(H,28,33)/t12?,13?,14?,15?,16?,18?,19?,20?,21?,25-,26?,27?/m1/s1. The molecular weight excluding hydrogens is 514 g/mol. The molecule has 1 heterocycles. The number of methoxy groups -OCH3 is 1. The van der Waals surface area contributed by atoms with E-state index in [-0.39, 0.29) is 25.0 Å². The van der Waals surface area contributed by atoms with Crippen LogP contribution in [0, 0.1) is 28.6 Å². The van der Waals surface area contributed by atoms with E-state index in [1.807, 2.05) is 0 Å². The van der Waals surface area contributed by atoms with Crippen molar-refractivity contribution < 1.29 is 54.7 Å². The zero-order chi connectivity index (χ0) is 29.5. The molecule has 3 aliphatic carbocycles. The van der Waals surface area contributed by atoms with Crippen LogP contribution in [0.3, 0.4) is 0 Å². The number of carbonyl (C=O) groups is 2. The molecule has 12 atom stereocenters. The molecule has 1 saturated heterocycles. The van der Waals surface area contributed by atoms with E-state index < -0.39 is 88.2 Å². The summed E-state index contributed by atoms with van der Waals surface area (Å²) < 4.78 is 10.1. The number of amides is 1. The van der Waals surface area contributed by atoms with Gasteiger partial charge in [0.2, 0.25) is 0 Å². The van der Waals surface area contributed by atoms with E-state index in [1.165, 1.54) is 13.8 Å². The van der Waals surface area contributed by atoms with Gasteiger partial charge in [-0.1, -0.05) is 26.3 Å². The summed E-state index contributed by atoms with van der Waals surface area (Å²) in [5.41, 5.74) is -5.42. The third-order valence-electron chi connectivity index (χ3n) is 10.9. The highest BCUT2D eigenvalue weighted by Gasteiger charge is 2.74. The molecule has 4 aliphatic rings. The summed E-state index contributed by atoms with van der Waals surface area (Å²) in [7, 11) is 1.16. The maximum absolute atomic E-state index is 14.1. The Balaban J connectivity index is 1.89. The molecule has 1 aliphatic heterocycles. The normalized spacial score (nSPS) is 45.5. The first-order valence-corrected chi connectivity index (χ1v) is 13.5. The third-order valence-corrected chi connectivity index (χ3v) is 10.9. The quantitative estimate of drug-likeness (QED) is 0.138. The molecule has 0 radical (unpaired) electrons. The Kier molecular flexibility index (Phi) is 7.56. The van der Waals surface area contributed by atoms with E-state index >= 15 is 0 Å². The van der Waals surface area contributed by atoms with Gasteiger partial charge in [-0.25, -0.2) is 9.68 Å². The van der Waals surface area contributed by atoms with Gasteiger partial charge in [0.1, 0.15) is 23.9 Å². The van der Waals surface area contributed by atoms with E-state index in [0.29, 0.717) is 5.57 Å². The van der Waals surface area contributed by atoms with Gasteiger partial charge in [-0.3, -0.25) is 10.1 Å². The van der Waals surface area contributed by atoms with Crippen molar-refractivity contribution in [3.8, 4) is 0 Å². The van der Waals surface area contributed by atoms with Crippen molar-refractivity contribution in [2.45, 2.75) is 102 Å². The lowest BCUT2D eigenvalue weighted by molar-refractivity contribution is -0.339. The minimum absolute atomic E-state index is 0.00879. The number of hydrogen-bond donors (Lipinski definition) is 7. The van der Waals surface area contributed by atoms with Crippen LogP contribution < -0.4 is 5.32 Å². The van der Waals surface area contributed by atoms with Crippen molar-refractivity contribution in [2.75, 3.05) is 13.7 Å². The monoisotopic (exact) mass is 557 g/mol. The van der Waals surface area contributed by atoms with Crippen molar-refractivity contribution >= 4 is 11.9 Å². The van der Waals surface area contributed by atoms with Crippen molar-refractivity contribution in [2.24, 2.45) is 28.6 Å². The number of rotatable bonds is 5. The lowest BCUT2D eigenvalue weighted by Crippen LogP contribution is -2.78. The van der Waals surface area contributed by atoms with Gasteiger partial charge < -0.3 is 40.3 Å². The fraction of sp³-hybridized carbons (Fsp3) is 0.852. The lowest BCUT2D eigenvalue weighted by Gasteiger charge is -2.67. The molecule has 7 N–H and O–H groups in total. The molecule has 0 aromatic carbocycles. The fourth-order valence-corrected chi connectivity index (χ4v) is 8.41. The van der Waals surface area contributed by atoms with Crippen LogP contribution in [0.15, 0.2) is 11.1 Å². The summed E-state index contributed by atoms with van der Waals surface area (Å²) in [6.07, 6.45) is -7.48. The average Bonchev–Trinajstić information content (AvgIpc) is 2.87. The predicted molar refractivity (Wildman–Crippen MR) is 135 cm³/mol. The first-order valence-electron chi connectivity index (χ1n) is 13.5. The molecule has 1 amide bonds. The number of fused-ring (bicyclic) bond motifs is 5. The fourth-order valence-electron chi connectivity index (χ4n) is 8.41. The molecular formula is C27H43NO11. The second-order valence-electron chi connectivity index (χ2n) is 12.8. The van der Waals surface area contributed by atoms with E-state index in [9.17, 15) is 40.4 Å². The molecule has 2 bridgehead atoms. The molecule has 12 heteroatoms. The van der Waals surface area contributed by atoms with Gasteiger partial charge in [0, 0.05) is 23.7 Å². The maximum atomic E-state index is 14.1. The smallest absolute Gasteiger partial charge is 0.407 e. The molecule has 222 valence electrons. The minimum atomic E-state index is -1.76. The van der Waals surface area contributed by atoms with Crippen LogP contribution in [0.4, 0.5) is 4.79 Å². The lowest BCUT2D eigenvalue weighted by atomic mass is 9.42. The Morgan fingerprint density at radius 1 is 1.21 bits per heavy atom. The molecule has 4 rings (SSSR count). The molecule has 39 heavy (non-hydrogen) atoms. The molecule has 2 saturated carbocycles. The van der Waals surface area contributed by atoms with E-state index in [2.05, 4.69) is 10.1 Å². The molecule has 3 fully saturated rings. The Hall–Kier alpha value is -1.64. The van der Waals surface area contributed by atoms with Crippen molar-refractivity contribution in [3.63, 3.8) is 0 Å². The van der Waals surface area contributed by atoms with Crippen LogP contribution >= 0.6 is 0 Å². The van der Waals surface area contributed by atoms with Crippen molar-refractivity contribution in [1.82, 2.24) is 5.32 Å². The number of ketones is 1. The minimum Gasteiger partial charge on any atom is -0.453 e. The van der Waals surface area contributed by atoms with Gasteiger partial charge >= 0.3 is 6.09 Å². The molecule has 12 nitrogen and oxygen atoms in total. The molecule has 0 aromatic heterocycles. The van der Waals surface area contributed by atoms with Gasteiger partial charge in [0.05, 0.1) is 43.0 Å². The SMILES string of the molecule is COC(=O)NC(C)C(O)C(OO)C1CC2(O)C(C)C3C4(O)COC4CC(O)[C@@]3(C)C(=O)C(O)C(=C1C)C2(C)C. The van der Waals surface area contributed by atoms with Gasteiger partial charge in [-0.2, -0.15) is 0 Å². The predicted octanol–water partition coefficient (Wildman–Crippen LogP) is 0.140. The van der Waals surface area contributed by atoms with Crippen molar-refractivity contribution in [3.05, 3.63) is 11.1 Å². The number of ether oxygens (including phenoxy) is 2. The first kappa shape index (κ1) is 30.3. The number of alkyl carbamates (subject to hydrolysis) is 1.